The van der Waals surface area contributed by atoms with Gasteiger partial charge in [-0.2, -0.15) is 0 Å². The third kappa shape index (κ3) is 9.00. The van der Waals surface area contributed by atoms with Crippen LogP contribution < -0.4 is 9.80 Å². The van der Waals surface area contributed by atoms with Crippen LogP contribution in [0.2, 0.25) is 0 Å². The number of rotatable bonds is 11. The highest BCUT2D eigenvalue weighted by atomic mass is 16.3. The summed E-state index contributed by atoms with van der Waals surface area (Å²) in [5, 5.41) is 9.37. The first-order chi connectivity index (χ1) is 43.3. The number of para-hydroxylation sites is 4. The highest BCUT2D eigenvalue weighted by molar-refractivity contribution is 6.09. The lowest BCUT2D eigenvalue weighted by molar-refractivity contribution is 0.668. The molecule has 14 aromatic carbocycles. The van der Waals surface area contributed by atoms with E-state index in [1.807, 2.05) is 24.3 Å². The van der Waals surface area contributed by atoms with E-state index in [2.05, 4.69) is 304 Å². The van der Waals surface area contributed by atoms with Crippen molar-refractivity contribution < 1.29 is 8.83 Å². The van der Waals surface area contributed by atoms with Crippen molar-refractivity contribution in [3.8, 4) is 55.6 Å². The largest absolute Gasteiger partial charge is 0.456 e. The zero-order valence-corrected chi connectivity index (χ0v) is 49.4. The number of anilines is 6. The van der Waals surface area contributed by atoms with E-state index in [-0.39, 0.29) is 0 Å². The second-order valence-electron chi connectivity index (χ2n) is 23.4. The van der Waals surface area contributed by atoms with Crippen LogP contribution in [0.1, 0.15) is 22.3 Å². The van der Waals surface area contributed by atoms with E-state index in [1.165, 1.54) is 54.9 Å². The molecule has 418 valence electrons. The first kappa shape index (κ1) is 52.4. The van der Waals surface area contributed by atoms with E-state index in [9.17, 15) is 0 Å². The summed E-state index contributed by atoms with van der Waals surface area (Å²) in [4.78, 5) is 4.94. The quantitative estimate of drug-likeness (QED) is 0.129. The molecule has 16 aromatic rings. The van der Waals surface area contributed by atoms with Gasteiger partial charge in [0.25, 0.3) is 0 Å². The maximum absolute atomic E-state index is 6.35. The lowest BCUT2D eigenvalue weighted by Crippen LogP contribution is -2.14. The summed E-state index contributed by atoms with van der Waals surface area (Å²) in [7, 11) is 0. The van der Waals surface area contributed by atoms with Crippen LogP contribution in [0, 0.1) is 27.7 Å². The van der Waals surface area contributed by atoms with Crippen LogP contribution in [0.15, 0.2) is 300 Å². The lowest BCUT2D eigenvalue weighted by atomic mass is 9.94. The second kappa shape index (κ2) is 21.4. The predicted octanol–water partition coefficient (Wildman–Crippen LogP) is 24.3. The molecule has 4 heteroatoms. The molecule has 2 aromatic heterocycles. The average molecular weight is 1130 g/mol. The van der Waals surface area contributed by atoms with Gasteiger partial charge in [-0.15, -0.1) is 0 Å². The summed E-state index contributed by atoms with van der Waals surface area (Å²) in [5.74, 6) is 0. The zero-order chi connectivity index (χ0) is 59.0. The number of furan rings is 2. The average Bonchev–Trinajstić information content (AvgIpc) is 1.42. The van der Waals surface area contributed by atoms with Crippen molar-refractivity contribution in [2.24, 2.45) is 0 Å². The third-order valence-electron chi connectivity index (χ3n) is 18.0. The molecular weight excluding hydrogens is 1070 g/mol. The third-order valence-corrected chi connectivity index (χ3v) is 18.0. The number of nitrogens with zero attached hydrogens (tertiary/aromatic N) is 2. The van der Waals surface area contributed by atoms with Crippen molar-refractivity contribution in [1.29, 1.82) is 0 Å². The Morgan fingerprint density at radius 2 is 0.568 bits per heavy atom. The zero-order valence-electron chi connectivity index (χ0n) is 49.4. The van der Waals surface area contributed by atoms with Crippen LogP contribution in [0.5, 0.6) is 0 Å². The molecule has 0 bridgehead atoms. The maximum atomic E-state index is 6.35. The second-order valence-corrected chi connectivity index (χ2v) is 23.4. The van der Waals surface area contributed by atoms with Gasteiger partial charge in [0.1, 0.15) is 22.3 Å². The normalized spacial score (nSPS) is 11.6. The van der Waals surface area contributed by atoms with Gasteiger partial charge in [0.05, 0.1) is 11.4 Å². The first-order valence-electron chi connectivity index (χ1n) is 30.3. The minimum absolute atomic E-state index is 0.881. The van der Waals surface area contributed by atoms with Crippen molar-refractivity contribution in [3.05, 3.63) is 313 Å². The molecule has 0 aliphatic carbocycles. The smallest absolute Gasteiger partial charge is 0.135 e. The van der Waals surface area contributed by atoms with E-state index < -0.39 is 0 Å². The molecule has 2 heterocycles. The van der Waals surface area contributed by atoms with Gasteiger partial charge in [-0.05, 0) is 201 Å². The van der Waals surface area contributed by atoms with Crippen LogP contribution >= 0.6 is 0 Å². The number of fused-ring (bicyclic) bond motifs is 8. The monoisotopic (exact) mass is 1130 g/mol. The van der Waals surface area contributed by atoms with Gasteiger partial charge in [0.2, 0.25) is 0 Å². The van der Waals surface area contributed by atoms with Crippen molar-refractivity contribution in [1.82, 2.24) is 0 Å². The van der Waals surface area contributed by atoms with Gasteiger partial charge < -0.3 is 18.6 Å². The number of hydrogen-bond donors (Lipinski definition) is 0. The summed E-state index contributed by atoms with van der Waals surface area (Å²) in [5.41, 5.74) is 26.4. The van der Waals surface area contributed by atoms with E-state index >= 15 is 0 Å². The summed E-state index contributed by atoms with van der Waals surface area (Å²) in [6.45, 7) is 8.98. The Bertz CT molecular complexity index is 5050. The van der Waals surface area contributed by atoms with Crippen molar-refractivity contribution in [2.45, 2.75) is 27.7 Å². The van der Waals surface area contributed by atoms with Crippen molar-refractivity contribution >= 4 is 99.5 Å². The Labute approximate surface area is 512 Å². The number of hydrogen-bond acceptors (Lipinski definition) is 4. The Kier molecular flexibility index (Phi) is 12.7. The Morgan fingerprint density at radius 1 is 0.227 bits per heavy atom. The van der Waals surface area contributed by atoms with Gasteiger partial charge in [-0.25, -0.2) is 0 Å². The molecule has 0 aliphatic heterocycles. The molecule has 16 rings (SSSR count). The fourth-order valence-corrected chi connectivity index (χ4v) is 13.6. The topological polar surface area (TPSA) is 32.8 Å². The molecular formula is C84H60N2O2. The number of aryl methyl sites for hydroxylation is 4. The predicted molar refractivity (Wildman–Crippen MR) is 372 cm³/mol. The summed E-state index contributed by atoms with van der Waals surface area (Å²) in [6, 6.07) is 106. The van der Waals surface area contributed by atoms with Gasteiger partial charge in [-0.3, -0.25) is 0 Å². The summed E-state index contributed by atoms with van der Waals surface area (Å²) in [6.07, 6.45) is 0. The SMILES string of the molecule is Cc1cc(-c2ccc(N(c3ccc(-c4cccc5ccccc45)cc3)c3c(C)cccc3-c3ccc4oc5ccccc5c4c3)c(C)c2)ccc1N(c1ccc(-c2cccc3ccccc23)cc1)c1c(C)cccc1-c1ccc2oc3ccccc3c2c1. The van der Waals surface area contributed by atoms with Crippen molar-refractivity contribution in [3.63, 3.8) is 0 Å². The molecule has 0 atom stereocenters. The first-order valence-corrected chi connectivity index (χ1v) is 30.3. The van der Waals surface area contributed by atoms with Gasteiger partial charge in [0, 0.05) is 55.4 Å². The van der Waals surface area contributed by atoms with Crippen LogP contribution in [-0.4, -0.2) is 0 Å². The molecule has 0 radical (unpaired) electrons. The van der Waals surface area contributed by atoms with Crippen LogP contribution in [0.25, 0.3) is 121 Å². The van der Waals surface area contributed by atoms with Gasteiger partial charge in [-0.1, -0.05) is 206 Å². The summed E-state index contributed by atoms with van der Waals surface area (Å²) >= 11 is 0. The van der Waals surface area contributed by atoms with E-state index in [0.717, 1.165) is 123 Å². The fourth-order valence-electron chi connectivity index (χ4n) is 13.6. The molecule has 0 unspecified atom stereocenters. The van der Waals surface area contributed by atoms with Crippen LogP contribution in [0.4, 0.5) is 34.1 Å². The Hall–Kier alpha value is -11.2. The molecule has 4 nitrogen and oxygen atoms in total. The molecule has 0 saturated heterocycles. The molecule has 0 N–H and O–H groups in total. The van der Waals surface area contributed by atoms with E-state index in [1.54, 1.807) is 0 Å². The lowest BCUT2D eigenvalue weighted by Gasteiger charge is -2.31. The highest BCUT2D eigenvalue weighted by Gasteiger charge is 2.25. The Morgan fingerprint density at radius 3 is 1.00 bits per heavy atom. The maximum Gasteiger partial charge on any atom is 0.135 e. The highest BCUT2D eigenvalue weighted by Crippen LogP contribution is 2.49. The molecule has 0 amide bonds. The van der Waals surface area contributed by atoms with Gasteiger partial charge >= 0.3 is 0 Å². The Balaban J connectivity index is 0.817. The molecule has 88 heavy (non-hydrogen) atoms. The van der Waals surface area contributed by atoms with Crippen molar-refractivity contribution in [2.75, 3.05) is 9.80 Å². The van der Waals surface area contributed by atoms with Crippen LogP contribution in [0.3, 0.4) is 0 Å². The van der Waals surface area contributed by atoms with Crippen LogP contribution in [-0.2, 0) is 0 Å². The van der Waals surface area contributed by atoms with Gasteiger partial charge in [0.15, 0.2) is 0 Å². The standard InChI is InChI=1S/C84H60N2O2/c1-53-17-13-29-71(63-39-47-81-75(51-63)73-25-9-11-31-79(73)87-81)83(53)85(65-41-33-59(34-42-65)69-27-15-21-57-19-5-7-23-67(57)69)77-45-37-61(49-55(77)3)62-38-46-78(56(4)50-62)86(66-43-35-60(36-44-66)70-28-16-22-58-20-6-8-24-68(58)70)84-54(2)18-14-30-72(84)64-40-48-82-76(52-64)74-26-10-12-32-80(74)88-82/h5-52H,1-4H3. The minimum Gasteiger partial charge on any atom is -0.456 e. The van der Waals surface area contributed by atoms with E-state index in [4.69, 9.17) is 8.83 Å². The number of benzene rings is 14. The minimum atomic E-state index is 0.881. The fraction of sp³-hybridized carbons (Fsp3) is 0.0476. The van der Waals surface area contributed by atoms with E-state index in [0.29, 0.717) is 0 Å². The molecule has 0 aliphatic rings. The molecule has 0 spiro atoms. The molecule has 0 saturated carbocycles. The molecule has 0 fully saturated rings. The summed E-state index contributed by atoms with van der Waals surface area (Å²) < 4.78 is 12.7.